The topological polar surface area (TPSA) is 17.8 Å². The van der Waals surface area contributed by atoms with Crippen LogP contribution in [0.25, 0.3) is 6.08 Å². The predicted molar refractivity (Wildman–Crippen MR) is 42.5 cm³/mol. The fourth-order valence-corrected chi connectivity index (χ4v) is 0.780. The van der Waals surface area contributed by atoms with Gasteiger partial charge in [-0.25, -0.2) is 0 Å². The van der Waals surface area contributed by atoms with E-state index in [1.54, 1.807) is 4.68 Å². The molecule has 0 aromatic carbocycles. The third-order valence-electron chi connectivity index (χ3n) is 1.27. The molecule has 10 heavy (non-hydrogen) atoms. The molecule has 54 valence electrons. The maximum atomic E-state index is 4.03. The smallest absolute Gasteiger partial charge is 0.0562 e. The molecular formula is C8H12N2. The lowest BCUT2D eigenvalue weighted by Crippen LogP contribution is -1.83. The molecule has 0 N–H and O–H groups in total. The van der Waals surface area contributed by atoms with Crippen molar-refractivity contribution in [2.45, 2.75) is 13.3 Å². The van der Waals surface area contributed by atoms with Gasteiger partial charge in [-0.05, 0) is 6.42 Å². The minimum absolute atomic E-state index is 1.08. The average molecular weight is 136 g/mol. The van der Waals surface area contributed by atoms with E-state index in [1.807, 2.05) is 19.4 Å². The van der Waals surface area contributed by atoms with Crippen LogP contribution in [-0.4, -0.2) is 9.78 Å². The normalized spacial score (nSPS) is 11.0. The summed E-state index contributed by atoms with van der Waals surface area (Å²) >= 11 is 0. The van der Waals surface area contributed by atoms with Crippen LogP contribution < -0.4 is 0 Å². The first kappa shape index (κ1) is 7.06. The van der Waals surface area contributed by atoms with Crippen LogP contribution in [0.15, 0.2) is 18.5 Å². The molecule has 0 spiro atoms. The van der Waals surface area contributed by atoms with Gasteiger partial charge in [-0.2, -0.15) is 5.10 Å². The number of nitrogens with zero attached hydrogens (tertiary/aromatic N) is 2. The summed E-state index contributed by atoms with van der Waals surface area (Å²) in [7, 11) is 1.92. The number of allylic oxidation sites excluding steroid dienone is 1. The summed E-state index contributed by atoms with van der Waals surface area (Å²) in [5.41, 5.74) is 1.17. The van der Waals surface area contributed by atoms with Crippen LogP contribution >= 0.6 is 0 Å². The zero-order valence-electron chi connectivity index (χ0n) is 6.41. The Hall–Kier alpha value is -1.05. The van der Waals surface area contributed by atoms with Crippen molar-refractivity contribution in [2.24, 2.45) is 7.05 Å². The van der Waals surface area contributed by atoms with Crippen LogP contribution in [0.4, 0.5) is 0 Å². The van der Waals surface area contributed by atoms with Gasteiger partial charge in [0, 0.05) is 18.8 Å². The van der Waals surface area contributed by atoms with Gasteiger partial charge >= 0.3 is 0 Å². The highest BCUT2D eigenvalue weighted by molar-refractivity contribution is 5.46. The number of rotatable bonds is 2. The number of hydrogen-bond donors (Lipinski definition) is 0. The second kappa shape index (κ2) is 3.20. The van der Waals surface area contributed by atoms with E-state index in [2.05, 4.69) is 24.2 Å². The fraction of sp³-hybridized carbons (Fsp3) is 0.375. The largest absolute Gasteiger partial charge is 0.275 e. The Morgan fingerprint density at radius 3 is 3.00 bits per heavy atom. The molecule has 0 atom stereocenters. The molecule has 0 amide bonds. The van der Waals surface area contributed by atoms with E-state index in [0.29, 0.717) is 0 Å². The lowest BCUT2D eigenvalue weighted by Gasteiger charge is -1.81. The lowest BCUT2D eigenvalue weighted by atomic mass is 10.3. The Labute approximate surface area is 61.2 Å². The van der Waals surface area contributed by atoms with Crippen LogP contribution in [-0.2, 0) is 7.05 Å². The molecule has 1 rings (SSSR count). The Morgan fingerprint density at radius 1 is 1.70 bits per heavy atom. The van der Waals surface area contributed by atoms with Crippen molar-refractivity contribution in [1.82, 2.24) is 9.78 Å². The average Bonchev–Trinajstić information content (AvgIpc) is 2.31. The number of aryl methyl sites for hydroxylation is 1. The summed E-state index contributed by atoms with van der Waals surface area (Å²) in [5.74, 6) is 0. The third kappa shape index (κ3) is 1.72. The van der Waals surface area contributed by atoms with E-state index >= 15 is 0 Å². The maximum absolute atomic E-state index is 4.03. The van der Waals surface area contributed by atoms with Gasteiger partial charge < -0.3 is 0 Å². The van der Waals surface area contributed by atoms with Gasteiger partial charge in [0.2, 0.25) is 0 Å². The van der Waals surface area contributed by atoms with Crippen molar-refractivity contribution in [2.75, 3.05) is 0 Å². The molecule has 0 aliphatic heterocycles. The van der Waals surface area contributed by atoms with Gasteiger partial charge in [0.05, 0.1) is 6.20 Å². The second-order valence-corrected chi connectivity index (χ2v) is 2.26. The van der Waals surface area contributed by atoms with Crippen molar-refractivity contribution in [3.63, 3.8) is 0 Å². The summed E-state index contributed by atoms with van der Waals surface area (Å²) in [5, 5.41) is 4.03. The van der Waals surface area contributed by atoms with Crippen LogP contribution in [0.5, 0.6) is 0 Å². The quantitative estimate of drug-likeness (QED) is 0.606. The van der Waals surface area contributed by atoms with E-state index in [-0.39, 0.29) is 0 Å². The number of aromatic nitrogens is 2. The Bertz CT molecular complexity index is 223. The summed E-state index contributed by atoms with van der Waals surface area (Å²) < 4.78 is 1.80. The molecule has 0 radical (unpaired) electrons. The molecule has 0 saturated heterocycles. The summed E-state index contributed by atoms with van der Waals surface area (Å²) in [6.07, 6.45) is 9.12. The molecule has 2 heteroatoms. The van der Waals surface area contributed by atoms with Crippen molar-refractivity contribution < 1.29 is 0 Å². The van der Waals surface area contributed by atoms with Gasteiger partial charge in [-0.1, -0.05) is 19.1 Å². The molecule has 1 aromatic heterocycles. The first-order valence-electron chi connectivity index (χ1n) is 3.48. The SMILES string of the molecule is CC/C=C\c1cnn(C)c1. The second-order valence-electron chi connectivity index (χ2n) is 2.26. The molecular weight excluding hydrogens is 124 g/mol. The summed E-state index contributed by atoms with van der Waals surface area (Å²) in [4.78, 5) is 0. The fourth-order valence-electron chi connectivity index (χ4n) is 0.780. The first-order chi connectivity index (χ1) is 4.83. The van der Waals surface area contributed by atoms with Crippen molar-refractivity contribution in [3.8, 4) is 0 Å². The van der Waals surface area contributed by atoms with Crippen molar-refractivity contribution in [1.29, 1.82) is 0 Å². The highest BCUT2D eigenvalue weighted by Crippen LogP contribution is 1.99. The summed E-state index contributed by atoms with van der Waals surface area (Å²) in [6, 6.07) is 0. The Kier molecular flexibility index (Phi) is 2.26. The van der Waals surface area contributed by atoms with Gasteiger partial charge in [0.15, 0.2) is 0 Å². The van der Waals surface area contributed by atoms with Gasteiger partial charge in [0.25, 0.3) is 0 Å². The van der Waals surface area contributed by atoms with Crippen molar-refractivity contribution >= 4 is 6.08 Å². The zero-order valence-corrected chi connectivity index (χ0v) is 6.41. The molecule has 0 aliphatic carbocycles. The third-order valence-corrected chi connectivity index (χ3v) is 1.27. The summed E-state index contributed by atoms with van der Waals surface area (Å²) in [6.45, 7) is 2.12. The van der Waals surface area contributed by atoms with Gasteiger partial charge in [-0.15, -0.1) is 0 Å². The molecule has 1 heterocycles. The van der Waals surface area contributed by atoms with Crippen LogP contribution in [0.1, 0.15) is 18.9 Å². The molecule has 0 saturated carbocycles. The van der Waals surface area contributed by atoms with E-state index in [0.717, 1.165) is 6.42 Å². The molecule has 0 bridgehead atoms. The highest BCUT2D eigenvalue weighted by atomic mass is 15.2. The van der Waals surface area contributed by atoms with E-state index in [1.165, 1.54) is 5.56 Å². The van der Waals surface area contributed by atoms with E-state index in [9.17, 15) is 0 Å². The molecule has 0 unspecified atom stereocenters. The van der Waals surface area contributed by atoms with Gasteiger partial charge in [0.1, 0.15) is 0 Å². The first-order valence-corrected chi connectivity index (χ1v) is 3.48. The standard InChI is InChI=1S/C8H12N2/c1-3-4-5-8-6-9-10(2)7-8/h4-7H,3H2,1-2H3/b5-4-. The molecule has 1 aromatic rings. The Balaban J connectivity index is 2.67. The Morgan fingerprint density at radius 2 is 2.50 bits per heavy atom. The lowest BCUT2D eigenvalue weighted by molar-refractivity contribution is 0.767. The van der Waals surface area contributed by atoms with Gasteiger partial charge in [-0.3, -0.25) is 4.68 Å². The molecule has 0 fully saturated rings. The highest BCUT2D eigenvalue weighted by Gasteiger charge is 1.86. The maximum Gasteiger partial charge on any atom is 0.0562 e. The zero-order chi connectivity index (χ0) is 7.40. The van der Waals surface area contributed by atoms with Crippen molar-refractivity contribution in [3.05, 3.63) is 24.0 Å². The number of hydrogen-bond acceptors (Lipinski definition) is 1. The molecule has 0 aliphatic rings. The monoisotopic (exact) mass is 136 g/mol. The predicted octanol–water partition coefficient (Wildman–Crippen LogP) is 1.84. The van der Waals surface area contributed by atoms with Crippen LogP contribution in [0.2, 0.25) is 0 Å². The molecule has 2 nitrogen and oxygen atoms in total. The van der Waals surface area contributed by atoms with E-state index in [4.69, 9.17) is 0 Å². The minimum atomic E-state index is 1.08. The van der Waals surface area contributed by atoms with E-state index < -0.39 is 0 Å². The van der Waals surface area contributed by atoms with Crippen LogP contribution in [0.3, 0.4) is 0 Å². The van der Waals surface area contributed by atoms with Crippen LogP contribution in [0, 0.1) is 0 Å². The minimum Gasteiger partial charge on any atom is -0.275 e.